The van der Waals surface area contributed by atoms with Crippen molar-refractivity contribution in [3.63, 3.8) is 0 Å². The minimum atomic E-state index is -2.77. The Bertz CT molecular complexity index is 321. The molecule has 94 valence electrons. The van der Waals surface area contributed by atoms with Crippen LogP contribution in [0.1, 0.15) is 25.7 Å². The zero-order valence-electron chi connectivity index (χ0n) is 9.98. The Morgan fingerprint density at radius 2 is 1.81 bits per heavy atom. The van der Waals surface area contributed by atoms with Crippen molar-refractivity contribution >= 4 is 9.84 Å². The minimum Gasteiger partial charge on any atom is -0.310 e. The molecule has 1 N–H and O–H groups in total. The lowest BCUT2D eigenvalue weighted by molar-refractivity contribution is 0.224. The Labute approximate surface area is 98.3 Å². The summed E-state index contributed by atoms with van der Waals surface area (Å²) < 4.78 is 23.0. The molecule has 5 heteroatoms. The molecule has 0 spiro atoms. The average molecular weight is 246 g/mol. The fourth-order valence-electron chi connectivity index (χ4n) is 2.66. The summed E-state index contributed by atoms with van der Waals surface area (Å²) in [7, 11) is -0.626. The van der Waals surface area contributed by atoms with Gasteiger partial charge in [0.25, 0.3) is 0 Å². The average Bonchev–Trinajstić information content (AvgIpc) is 2.20. The maximum atomic E-state index is 11.5. The van der Waals surface area contributed by atoms with Gasteiger partial charge in [0.1, 0.15) is 0 Å². The van der Waals surface area contributed by atoms with E-state index < -0.39 is 9.84 Å². The van der Waals surface area contributed by atoms with Crippen LogP contribution in [0.25, 0.3) is 0 Å². The van der Waals surface area contributed by atoms with Gasteiger partial charge >= 0.3 is 0 Å². The maximum absolute atomic E-state index is 11.5. The molecule has 2 aliphatic rings. The van der Waals surface area contributed by atoms with Crippen molar-refractivity contribution in [2.24, 2.45) is 0 Å². The molecule has 1 unspecified atom stereocenters. The highest BCUT2D eigenvalue weighted by Crippen LogP contribution is 2.15. The molecule has 2 saturated heterocycles. The summed E-state index contributed by atoms with van der Waals surface area (Å²) in [5.41, 5.74) is 0. The molecule has 2 heterocycles. The fourth-order valence-corrected chi connectivity index (χ4v) is 4.31. The van der Waals surface area contributed by atoms with Crippen LogP contribution in [-0.4, -0.2) is 57.0 Å². The predicted molar refractivity (Wildman–Crippen MR) is 65.3 cm³/mol. The molecule has 2 fully saturated rings. The third-order valence-electron chi connectivity index (χ3n) is 3.65. The van der Waals surface area contributed by atoms with E-state index in [4.69, 9.17) is 0 Å². The van der Waals surface area contributed by atoms with E-state index in [0.717, 1.165) is 38.8 Å². The van der Waals surface area contributed by atoms with Gasteiger partial charge in [-0.25, -0.2) is 8.42 Å². The Morgan fingerprint density at radius 3 is 2.44 bits per heavy atom. The van der Waals surface area contributed by atoms with Gasteiger partial charge in [0, 0.05) is 12.1 Å². The largest absolute Gasteiger partial charge is 0.310 e. The van der Waals surface area contributed by atoms with Crippen LogP contribution < -0.4 is 5.32 Å². The first kappa shape index (κ1) is 12.3. The number of hydrogen-bond acceptors (Lipinski definition) is 4. The van der Waals surface area contributed by atoms with Gasteiger partial charge in [-0.05, 0) is 45.8 Å². The Hall–Kier alpha value is -0.130. The van der Waals surface area contributed by atoms with Crippen LogP contribution in [0, 0.1) is 0 Å². The van der Waals surface area contributed by atoms with Gasteiger partial charge in [0.05, 0.1) is 11.5 Å². The molecule has 0 bridgehead atoms. The molecule has 0 aromatic rings. The van der Waals surface area contributed by atoms with Gasteiger partial charge in [-0.15, -0.1) is 0 Å². The molecular weight excluding hydrogens is 224 g/mol. The topological polar surface area (TPSA) is 49.4 Å². The Kier molecular flexibility index (Phi) is 3.87. The monoisotopic (exact) mass is 246 g/mol. The first-order valence-electron chi connectivity index (χ1n) is 6.20. The van der Waals surface area contributed by atoms with Gasteiger partial charge in [-0.3, -0.25) is 0 Å². The van der Waals surface area contributed by atoms with Crippen LogP contribution in [0.2, 0.25) is 0 Å². The molecule has 0 aromatic carbocycles. The van der Waals surface area contributed by atoms with Crippen molar-refractivity contribution < 1.29 is 8.42 Å². The van der Waals surface area contributed by atoms with Crippen LogP contribution >= 0.6 is 0 Å². The first-order valence-corrected chi connectivity index (χ1v) is 8.02. The maximum Gasteiger partial charge on any atom is 0.151 e. The molecular formula is C11H22N2O2S. The molecule has 2 aliphatic heterocycles. The van der Waals surface area contributed by atoms with E-state index in [0.29, 0.717) is 17.5 Å². The number of nitrogens with one attached hydrogen (secondary N) is 1. The molecule has 4 nitrogen and oxygen atoms in total. The molecule has 1 atom stereocenters. The standard InChI is InChI=1S/C11H22N2O2S/c1-13-6-4-10(5-7-13)12-11-3-2-8-16(14,15)9-11/h10-12H,2-9H2,1H3. The van der Waals surface area contributed by atoms with Crippen molar-refractivity contribution in [2.75, 3.05) is 31.6 Å². The molecule has 2 rings (SSSR count). The van der Waals surface area contributed by atoms with Gasteiger partial charge in [-0.2, -0.15) is 0 Å². The lowest BCUT2D eigenvalue weighted by atomic mass is 10.0. The quantitative estimate of drug-likeness (QED) is 0.759. The summed E-state index contributed by atoms with van der Waals surface area (Å²) in [5.74, 6) is 0.734. The van der Waals surface area contributed by atoms with Crippen molar-refractivity contribution in [3.8, 4) is 0 Å². The summed E-state index contributed by atoms with van der Waals surface area (Å²) >= 11 is 0. The lowest BCUT2D eigenvalue weighted by Gasteiger charge is -2.33. The van der Waals surface area contributed by atoms with Crippen molar-refractivity contribution in [3.05, 3.63) is 0 Å². The van der Waals surface area contributed by atoms with Crippen LogP contribution in [-0.2, 0) is 9.84 Å². The van der Waals surface area contributed by atoms with Crippen LogP contribution in [0.4, 0.5) is 0 Å². The summed E-state index contributed by atoms with van der Waals surface area (Å²) in [6.07, 6.45) is 4.14. The van der Waals surface area contributed by atoms with E-state index in [9.17, 15) is 8.42 Å². The van der Waals surface area contributed by atoms with Gasteiger partial charge in [0.15, 0.2) is 9.84 Å². The van der Waals surface area contributed by atoms with E-state index in [1.54, 1.807) is 0 Å². The molecule has 0 saturated carbocycles. The number of sulfone groups is 1. The van der Waals surface area contributed by atoms with Crippen LogP contribution in [0.5, 0.6) is 0 Å². The van der Waals surface area contributed by atoms with Crippen molar-refractivity contribution in [1.82, 2.24) is 10.2 Å². The number of rotatable bonds is 2. The lowest BCUT2D eigenvalue weighted by Crippen LogP contribution is -2.49. The second-order valence-electron chi connectivity index (χ2n) is 5.20. The van der Waals surface area contributed by atoms with Gasteiger partial charge in [0.2, 0.25) is 0 Å². The second kappa shape index (κ2) is 5.02. The molecule has 0 aliphatic carbocycles. The number of nitrogens with zero attached hydrogens (tertiary/aromatic N) is 1. The van der Waals surface area contributed by atoms with Gasteiger partial charge in [-0.1, -0.05) is 0 Å². The Balaban J connectivity index is 1.81. The van der Waals surface area contributed by atoms with Crippen molar-refractivity contribution in [2.45, 2.75) is 37.8 Å². The van der Waals surface area contributed by atoms with E-state index in [2.05, 4.69) is 17.3 Å². The molecule has 0 aromatic heterocycles. The molecule has 0 radical (unpaired) electrons. The third-order valence-corrected chi connectivity index (χ3v) is 5.47. The summed E-state index contributed by atoms with van der Waals surface area (Å²) in [6.45, 7) is 2.24. The smallest absolute Gasteiger partial charge is 0.151 e. The minimum absolute atomic E-state index is 0.201. The van der Waals surface area contributed by atoms with Crippen LogP contribution in [0.3, 0.4) is 0 Å². The van der Waals surface area contributed by atoms with Crippen LogP contribution in [0.15, 0.2) is 0 Å². The summed E-state index contributed by atoms with van der Waals surface area (Å²) in [6, 6.07) is 0.724. The normalized spacial score (nSPS) is 32.7. The highest BCUT2D eigenvalue weighted by molar-refractivity contribution is 7.91. The SMILES string of the molecule is CN1CCC(NC2CCCS(=O)(=O)C2)CC1. The predicted octanol–water partition coefficient (Wildman–Crippen LogP) is 0.247. The fraction of sp³-hybridized carbons (Fsp3) is 1.00. The summed E-state index contributed by atoms with van der Waals surface area (Å²) in [4.78, 5) is 2.33. The zero-order valence-corrected chi connectivity index (χ0v) is 10.8. The number of piperidine rings is 1. The van der Waals surface area contributed by atoms with E-state index in [1.165, 1.54) is 0 Å². The van der Waals surface area contributed by atoms with E-state index in [1.807, 2.05) is 0 Å². The summed E-state index contributed by atoms with van der Waals surface area (Å²) in [5, 5.41) is 3.53. The highest BCUT2D eigenvalue weighted by atomic mass is 32.2. The van der Waals surface area contributed by atoms with E-state index >= 15 is 0 Å². The molecule has 16 heavy (non-hydrogen) atoms. The Morgan fingerprint density at radius 1 is 1.12 bits per heavy atom. The number of likely N-dealkylation sites (tertiary alicyclic amines) is 1. The zero-order chi connectivity index (χ0) is 11.6. The van der Waals surface area contributed by atoms with Crippen molar-refractivity contribution in [1.29, 1.82) is 0 Å². The van der Waals surface area contributed by atoms with E-state index in [-0.39, 0.29) is 6.04 Å². The first-order chi connectivity index (χ1) is 7.55. The van der Waals surface area contributed by atoms with Gasteiger partial charge < -0.3 is 10.2 Å². The third kappa shape index (κ3) is 3.43. The second-order valence-corrected chi connectivity index (χ2v) is 7.43. The highest BCUT2D eigenvalue weighted by Gasteiger charge is 2.27. The molecule has 0 amide bonds. The number of hydrogen-bond donors (Lipinski definition) is 1.